The lowest BCUT2D eigenvalue weighted by atomic mass is 10.2. The third-order valence-corrected chi connectivity index (χ3v) is 3.11. The molecule has 2 rings (SSSR count). The fourth-order valence-corrected chi connectivity index (χ4v) is 1.95. The Hall–Kier alpha value is -1.51. The summed E-state index contributed by atoms with van der Waals surface area (Å²) in [5, 5.41) is 4.13. The Morgan fingerprint density at radius 1 is 0.950 bits per heavy atom. The van der Waals surface area contributed by atoms with Crippen molar-refractivity contribution in [3.63, 3.8) is 0 Å². The van der Waals surface area contributed by atoms with Crippen molar-refractivity contribution in [2.75, 3.05) is 6.54 Å². The quantitative estimate of drug-likeness (QED) is 0.818. The third kappa shape index (κ3) is 4.87. The van der Waals surface area contributed by atoms with Gasteiger partial charge in [0.15, 0.2) is 0 Å². The number of ether oxygens (including phenoxy) is 1. The van der Waals surface area contributed by atoms with Gasteiger partial charge in [-0.2, -0.15) is 0 Å². The second kappa shape index (κ2) is 7.32. The van der Waals surface area contributed by atoms with Crippen LogP contribution in [0.4, 0.5) is 0 Å². The van der Waals surface area contributed by atoms with Crippen molar-refractivity contribution in [3.05, 3.63) is 59.1 Å². The summed E-state index contributed by atoms with van der Waals surface area (Å²) in [6.07, 6.45) is 0. The molecule has 0 unspecified atom stereocenters. The standard InChI is InChI=1S/C17H20ClNO/c1-13(2)11-19-12-14-3-7-16(8-4-14)20-17-9-5-15(18)6-10-17/h3-10,13,19H,11-12H2,1-2H3. The van der Waals surface area contributed by atoms with Gasteiger partial charge < -0.3 is 10.1 Å². The summed E-state index contributed by atoms with van der Waals surface area (Å²) in [5.41, 5.74) is 1.26. The first kappa shape index (κ1) is 14.9. The van der Waals surface area contributed by atoms with Gasteiger partial charge in [0, 0.05) is 11.6 Å². The van der Waals surface area contributed by atoms with E-state index < -0.39 is 0 Å². The van der Waals surface area contributed by atoms with E-state index in [-0.39, 0.29) is 0 Å². The fourth-order valence-electron chi connectivity index (χ4n) is 1.82. The third-order valence-electron chi connectivity index (χ3n) is 2.85. The van der Waals surface area contributed by atoms with Crippen LogP contribution in [0.2, 0.25) is 5.02 Å². The summed E-state index contributed by atoms with van der Waals surface area (Å²) >= 11 is 5.84. The minimum Gasteiger partial charge on any atom is -0.457 e. The number of hydrogen-bond acceptors (Lipinski definition) is 2. The molecule has 0 saturated carbocycles. The van der Waals surface area contributed by atoms with Crippen molar-refractivity contribution in [1.29, 1.82) is 0 Å². The second-order valence-corrected chi connectivity index (χ2v) is 5.66. The van der Waals surface area contributed by atoms with Gasteiger partial charge in [0.05, 0.1) is 0 Å². The van der Waals surface area contributed by atoms with Crippen LogP contribution in [0.1, 0.15) is 19.4 Å². The van der Waals surface area contributed by atoms with Crippen LogP contribution in [0.3, 0.4) is 0 Å². The van der Waals surface area contributed by atoms with Crippen LogP contribution in [0, 0.1) is 5.92 Å². The lowest BCUT2D eigenvalue weighted by molar-refractivity contribution is 0.482. The molecule has 0 aliphatic heterocycles. The summed E-state index contributed by atoms with van der Waals surface area (Å²) in [6.45, 7) is 6.33. The highest BCUT2D eigenvalue weighted by Gasteiger charge is 1.99. The molecule has 0 aliphatic carbocycles. The van der Waals surface area contributed by atoms with Crippen molar-refractivity contribution in [1.82, 2.24) is 5.32 Å². The van der Waals surface area contributed by atoms with Gasteiger partial charge >= 0.3 is 0 Å². The number of rotatable bonds is 6. The van der Waals surface area contributed by atoms with Crippen molar-refractivity contribution < 1.29 is 4.74 Å². The maximum atomic E-state index is 5.84. The van der Waals surface area contributed by atoms with E-state index in [9.17, 15) is 0 Å². The molecule has 0 aliphatic rings. The molecule has 0 heterocycles. The Kier molecular flexibility index (Phi) is 5.45. The smallest absolute Gasteiger partial charge is 0.127 e. The van der Waals surface area contributed by atoms with Gasteiger partial charge in [-0.1, -0.05) is 37.6 Å². The molecule has 2 aromatic carbocycles. The van der Waals surface area contributed by atoms with Crippen molar-refractivity contribution in [2.24, 2.45) is 5.92 Å². The highest BCUT2D eigenvalue weighted by Crippen LogP contribution is 2.23. The first-order chi connectivity index (χ1) is 9.63. The van der Waals surface area contributed by atoms with Crippen LogP contribution >= 0.6 is 11.6 Å². The van der Waals surface area contributed by atoms with Gasteiger partial charge in [-0.15, -0.1) is 0 Å². The van der Waals surface area contributed by atoms with Gasteiger partial charge in [0.1, 0.15) is 11.5 Å². The molecule has 2 aromatic rings. The van der Waals surface area contributed by atoms with E-state index in [2.05, 4.69) is 31.3 Å². The van der Waals surface area contributed by atoms with Gasteiger partial charge in [0.2, 0.25) is 0 Å². The van der Waals surface area contributed by atoms with E-state index in [0.29, 0.717) is 10.9 Å². The largest absolute Gasteiger partial charge is 0.457 e. The molecular weight excluding hydrogens is 270 g/mol. The summed E-state index contributed by atoms with van der Waals surface area (Å²) in [6, 6.07) is 15.5. The Morgan fingerprint density at radius 2 is 1.50 bits per heavy atom. The Morgan fingerprint density at radius 3 is 2.05 bits per heavy atom. The molecule has 1 N–H and O–H groups in total. The minimum absolute atomic E-state index is 0.669. The van der Waals surface area contributed by atoms with Gasteiger partial charge in [-0.25, -0.2) is 0 Å². The zero-order valence-electron chi connectivity index (χ0n) is 11.9. The zero-order valence-corrected chi connectivity index (χ0v) is 12.7. The van der Waals surface area contributed by atoms with Crippen LogP contribution in [-0.2, 0) is 6.54 Å². The Balaban J connectivity index is 1.89. The fraction of sp³-hybridized carbons (Fsp3) is 0.294. The molecule has 106 valence electrons. The second-order valence-electron chi connectivity index (χ2n) is 5.22. The van der Waals surface area contributed by atoms with E-state index >= 15 is 0 Å². The molecule has 0 bridgehead atoms. The first-order valence-corrected chi connectivity index (χ1v) is 7.24. The highest BCUT2D eigenvalue weighted by atomic mass is 35.5. The van der Waals surface area contributed by atoms with Crippen molar-refractivity contribution >= 4 is 11.6 Å². The SMILES string of the molecule is CC(C)CNCc1ccc(Oc2ccc(Cl)cc2)cc1. The number of halogens is 1. The molecule has 0 fully saturated rings. The molecule has 2 nitrogen and oxygen atoms in total. The molecule has 0 spiro atoms. The van der Waals surface area contributed by atoms with Crippen LogP contribution in [0.5, 0.6) is 11.5 Å². The molecule has 0 atom stereocenters. The molecule has 0 saturated heterocycles. The number of benzene rings is 2. The predicted molar refractivity (Wildman–Crippen MR) is 84.5 cm³/mol. The minimum atomic E-state index is 0.669. The van der Waals surface area contributed by atoms with Gasteiger partial charge in [-0.05, 0) is 54.4 Å². The van der Waals surface area contributed by atoms with E-state index in [0.717, 1.165) is 24.6 Å². The van der Waals surface area contributed by atoms with Crippen LogP contribution < -0.4 is 10.1 Å². The monoisotopic (exact) mass is 289 g/mol. The van der Waals surface area contributed by atoms with E-state index in [1.807, 2.05) is 36.4 Å². The lowest BCUT2D eigenvalue weighted by Gasteiger charge is -2.09. The van der Waals surface area contributed by atoms with Crippen LogP contribution in [0.15, 0.2) is 48.5 Å². The molecular formula is C17H20ClNO. The average Bonchev–Trinajstić information content (AvgIpc) is 2.43. The molecule has 0 amide bonds. The maximum absolute atomic E-state index is 5.84. The van der Waals surface area contributed by atoms with E-state index in [4.69, 9.17) is 16.3 Å². The van der Waals surface area contributed by atoms with Crippen LogP contribution in [-0.4, -0.2) is 6.54 Å². The molecule has 0 aromatic heterocycles. The number of nitrogens with one attached hydrogen (secondary N) is 1. The summed E-state index contributed by atoms with van der Waals surface area (Å²) in [5.74, 6) is 2.29. The van der Waals surface area contributed by atoms with Gasteiger partial charge in [0.25, 0.3) is 0 Å². The molecule has 20 heavy (non-hydrogen) atoms. The molecule has 3 heteroatoms. The van der Waals surface area contributed by atoms with Crippen molar-refractivity contribution in [3.8, 4) is 11.5 Å². The van der Waals surface area contributed by atoms with Gasteiger partial charge in [-0.3, -0.25) is 0 Å². The van der Waals surface area contributed by atoms with Crippen LogP contribution in [0.25, 0.3) is 0 Å². The van der Waals surface area contributed by atoms with E-state index in [1.54, 1.807) is 0 Å². The summed E-state index contributed by atoms with van der Waals surface area (Å²) < 4.78 is 5.75. The number of hydrogen-bond donors (Lipinski definition) is 1. The van der Waals surface area contributed by atoms with E-state index in [1.165, 1.54) is 5.56 Å². The summed E-state index contributed by atoms with van der Waals surface area (Å²) in [4.78, 5) is 0. The topological polar surface area (TPSA) is 21.3 Å². The first-order valence-electron chi connectivity index (χ1n) is 6.86. The lowest BCUT2D eigenvalue weighted by Crippen LogP contribution is -2.18. The normalized spacial score (nSPS) is 10.8. The average molecular weight is 290 g/mol. The predicted octanol–water partition coefficient (Wildman–Crippen LogP) is 4.88. The zero-order chi connectivity index (χ0) is 14.4. The summed E-state index contributed by atoms with van der Waals surface area (Å²) in [7, 11) is 0. The molecule has 0 radical (unpaired) electrons. The van der Waals surface area contributed by atoms with Crippen molar-refractivity contribution in [2.45, 2.75) is 20.4 Å². The maximum Gasteiger partial charge on any atom is 0.127 e. The Bertz CT molecular complexity index is 520. The highest BCUT2D eigenvalue weighted by molar-refractivity contribution is 6.30. The Labute approximate surface area is 125 Å².